The van der Waals surface area contributed by atoms with Crippen molar-refractivity contribution in [3.05, 3.63) is 36.4 Å². The lowest BCUT2D eigenvalue weighted by atomic mass is 10.0. The highest BCUT2D eigenvalue weighted by atomic mass is 31.2. The number of ether oxygens (including phenoxy) is 2. The van der Waals surface area contributed by atoms with Crippen LogP contribution >= 0.6 is 7.60 Å². The fraction of sp³-hybridized carbons (Fsp3) is 0.684. The number of rotatable bonds is 18. The van der Waals surface area contributed by atoms with Crippen LogP contribution in [0, 0.1) is 5.92 Å². The third-order valence-corrected chi connectivity index (χ3v) is 12.2. The lowest BCUT2D eigenvalue weighted by Crippen LogP contribution is -2.53. The number of nitrogens with zero attached hydrogens (tertiary/aromatic N) is 2. The van der Waals surface area contributed by atoms with Gasteiger partial charge in [-0.3, -0.25) is 19.5 Å². The number of anilines is 2. The molecule has 3 fully saturated rings. The predicted octanol–water partition coefficient (Wildman–Crippen LogP) is 6.73. The summed E-state index contributed by atoms with van der Waals surface area (Å²) in [6, 6.07) is 5.55. The van der Waals surface area contributed by atoms with Gasteiger partial charge in [-0.2, -0.15) is 0 Å². The van der Waals surface area contributed by atoms with Gasteiger partial charge in [0.2, 0.25) is 11.8 Å². The van der Waals surface area contributed by atoms with Crippen molar-refractivity contribution in [1.29, 1.82) is 0 Å². The van der Waals surface area contributed by atoms with Gasteiger partial charge in [0.05, 0.1) is 36.8 Å². The second-order valence-corrected chi connectivity index (χ2v) is 17.2. The summed E-state index contributed by atoms with van der Waals surface area (Å²) in [7, 11) is -3.09. The van der Waals surface area contributed by atoms with Gasteiger partial charge in [0, 0.05) is 19.5 Å². The Bertz CT molecular complexity index is 1470. The second kappa shape index (κ2) is 19.6. The average molecular weight is 762 g/mol. The molecule has 0 unspecified atom stereocenters. The standard InChI is InChI=1S/C38H60N5O9P/c1-6-49-53(48,50-7-2)33-24-27(33)18-12-9-8-10-13-20-30(41-37(47)52-38(3,4)5)35(45)43-26-28(25-32(43)34(39)44)51-36(46)40-29-19-14-15-21-31(29)42-22-16-11-17-23-42/h12,14-15,18-19,21,27-28,30,32-33H,6-11,13,16-17,20,22-26H2,1-5H3,(H2,39,44)(H,40,46)(H,41,47)/b18-12-/t27-,28-,30+,32+,33+/m1/s1. The summed E-state index contributed by atoms with van der Waals surface area (Å²) in [5.41, 5.74) is 6.40. The van der Waals surface area contributed by atoms with Gasteiger partial charge in [-0.05, 0) is 97.6 Å². The molecule has 14 nitrogen and oxygen atoms in total. The van der Waals surface area contributed by atoms with Crippen LogP contribution in [0.5, 0.6) is 0 Å². The zero-order valence-electron chi connectivity index (χ0n) is 32.1. The number of nitrogens with one attached hydrogen (secondary N) is 2. The van der Waals surface area contributed by atoms with Crippen molar-refractivity contribution < 1.29 is 42.3 Å². The molecule has 5 atom stereocenters. The number of nitrogens with two attached hydrogens (primary N) is 1. The van der Waals surface area contributed by atoms with E-state index in [0.717, 1.165) is 57.3 Å². The van der Waals surface area contributed by atoms with E-state index in [4.69, 9.17) is 24.3 Å². The van der Waals surface area contributed by atoms with Crippen molar-refractivity contribution >= 4 is 43.0 Å². The smallest absolute Gasteiger partial charge is 0.412 e. The van der Waals surface area contributed by atoms with Gasteiger partial charge < -0.3 is 39.4 Å². The number of alkyl carbamates (subject to hydrolysis) is 1. The largest absolute Gasteiger partial charge is 0.444 e. The number of carbonyl (C=O) groups excluding carboxylic acids is 4. The molecule has 0 aromatic heterocycles. The molecular formula is C38H60N5O9P. The van der Waals surface area contributed by atoms with E-state index in [2.05, 4.69) is 27.7 Å². The molecule has 3 aliphatic rings. The molecule has 2 heterocycles. The van der Waals surface area contributed by atoms with Crippen molar-refractivity contribution in [2.24, 2.45) is 11.7 Å². The predicted molar refractivity (Wildman–Crippen MR) is 204 cm³/mol. The first kappa shape index (κ1) is 42.1. The van der Waals surface area contributed by atoms with Crippen LogP contribution in [0.3, 0.4) is 0 Å². The fourth-order valence-corrected chi connectivity index (χ4v) is 9.25. The maximum absolute atomic E-state index is 14.0. The van der Waals surface area contributed by atoms with Gasteiger partial charge in [-0.1, -0.05) is 37.1 Å². The molecule has 2 aliphatic heterocycles. The number of carbonyl (C=O) groups is 4. The normalized spacial score (nSPS) is 22.4. The van der Waals surface area contributed by atoms with Gasteiger partial charge in [0.25, 0.3) is 0 Å². The number of likely N-dealkylation sites (tertiary alicyclic amines) is 1. The zero-order chi connectivity index (χ0) is 38.6. The molecule has 0 radical (unpaired) electrons. The highest BCUT2D eigenvalue weighted by Gasteiger charge is 2.51. The minimum Gasteiger partial charge on any atom is -0.444 e. The van der Waals surface area contributed by atoms with E-state index in [9.17, 15) is 23.7 Å². The van der Waals surface area contributed by atoms with Crippen LogP contribution in [0.15, 0.2) is 36.4 Å². The molecule has 0 spiro atoms. The third kappa shape index (κ3) is 12.7. The molecular weight excluding hydrogens is 701 g/mol. The van der Waals surface area contributed by atoms with Crippen molar-refractivity contribution in [2.75, 3.05) is 43.1 Å². The van der Waals surface area contributed by atoms with Crippen molar-refractivity contribution in [3.63, 3.8) is 0 Å². The van der Waals surface area contributed by atoms with E-state index in [1.165, 1.54) is 11.3 Å². The van der Waals surface area contributed by atoms with E-state index < -0.39 is 55.4 Å². The molecule has 53 heavy (non-hydrogen) atoms. The Morgan fingerprint density at radius 2 is 1.68 bits per heavy atom. The maximum atomic E-state index is 14.0. The molecule has 2 saturated heterocycles. The monoisotopic (exact) mass is 761 g/mol. The fourth-order valence-electron chi connectivity index (χ4n) is 7.00. The molecule has 4 amide bonds. The molecule has 1 saturated carbocycles. The van der Waals surface area contributed by atoms with E-state index in [1.807, 2.05) is 38.1 Å². The summed E-state index contributed by atoms with van der Waals surface area (Å²) >= 11 is 0. The quantitative estimate of drug-likeness (QED) is 0.0825. The Labute approximate surface area is 314 Å². The lowest BCUT2D eigenvalue weighted by Gasteiger charge is -2.30. The number of primary amides is 1. The molecule has 1 aromatic carbocycles. The number of piperidine rings is 1. The first-order valence-electron chi connectivity index (χ1n) is 19.2. The van der Waals surface area contributed by atoms with Crippen molar-refractivity contribution in [2.45, 2.75) is 128 Å². The number of unbranched alkanes of at least 4 members (excludes halogenated alkanes) is 3. The van der Waals surface area contributed by atoms with Crippen LogP contribution in [-0.4, -0.2) is 91.2 Å². The second-order valence-electron chi connectivity index (χ2n) is 15.0. The van der Waals surface area contributed by atoms with Crippen molar-refractivity contribution in [3.8, 4) is 0 Å². The lowest BCUT2D eigenvalue weighted by molar-refractivity contribution is -0.139. The Kier molecular flexibility index (Phi) is 15.6. The van der Waals surface area contributed by atoms with Gasteiger partial charge >= 0.3 is 19.8 Å². The summed E-state index contributed by atoms with van der Waals surface area (Å²) in [5, 5.41) is 5.55. The van der Waals surface area contributed by atoms with Crippen LogP contribution in [0.2, 0.25) is 0 Å². The highest BCUT2D eigenvalue weighted by molar-refractivity contribution is 7.55. The molecule has 1 aromatic rings. The SMILES string of the molecule is CCOP(=O)(OCC)[C@H]1C[C@H]1/C=C\CCCCC[C@H](NC(=O)OC(C)(C)C)C(=O)N1C[C@H](OC(=O)Nc2ccccc2N2CCCCC2)C[C@H]1C(N)=O. The molecule has 15 heteroatoms. The summed E-state index contributed by atoms with van der Waals surface area (Å²) in [6.07, 6.45) is 9.44. The van der Waals surface area contributed by atoms with E-state index >= 15 is 0 Å². The first-order chi connectivity index (χ1) is 25.2. The van der Waals surface area contributed by atoms with Crippen LogP contribution in [0.1, 0.15) is 98.8 Å². The number of para-hydroxylation sites is 2. The number of allylic oxidation sites excluding steroid dienone is 2. The summed E-state index contributed by atoms with van der Waals surface area (Å²) < 4.78 is 35.1. The zero-order valence-corrected chi connectivity index (χ0v) is 32.9. The van der Waals surface area contributed by atoms with E-state index in [1.54, 1.807) is 20.8 Å². The third-order valence-electron chi connectivity index (χ3n) is 9.55. The van der Waals surface area contributed by atoms with Crippen LogP contribution in [-0.2, 0) is 32.7 Å². The molecule has 296 valence electrons. The Balaban J connectivity index is 1.32. The van der Waals surface area contributed by atoms with Crippen LogP contribution in [0.25, 0.3) is 0 Å². The number of hydrogen-bond acceptors (Lipinski definition) is 10. The average Bonchev–Trinajstić information content (AvgIpc) is 3.77. The summed E-state index contributed by atoms with van der Waals surface area (Å²) in [4.78, 5) is 56.0. The van der Waals surface area contributed by atoms with Gasteiger partial charge in [0.1, 0.15) is 23.8 Å². The maximum Gasteiger partial charge on any atom is 0.412 e. The van der Waals surface area contributed by atoms with Crippen LogP contribution < -0.4 is 21.3 Å². The Morgan fingerprint density at radius 1 is 0.981 bits per heavy atom. The minimum atomic E-state index is -3.09. The number of amides is 4. The first-order valence-corrected chi connectivity index (χ1v) is 20.8. The molecule has 4 N–H and O–H groups in total. The van der Waals surface area contributed by atoms with E-state index in [0.29, 0.717) is 31.7 Å². The molecule has 0 bridgehead atoms. The van der Waals surface area contributed by atoms with Gasteiger partial charge in [-0.25, -0.2) is 9.59 Å². The number of hydrogen-bond donors (Lipinski definition) is 3. The van der Waals surface area contributed by atoms with Crippen LogP contribution in [0.4, 0.5) is 21.0 Å². The summed E-state index contributed by atoms with van der Waals surface area (Å²) in [5.74, 6) is -1.04. The number of benzene rings is 1. The van der Waals surface area contributed by atoms with Gasteiger partial charge in [-0.15, -0.1) is 0 Å². The molecule has 4 rings (SSSR count). The minimum absolute atomic E-state index is 0.0419. The topological polar surface area (TPSA) is 179 Å². The Morgan fingerprint density at radius 3 is 2.34 bits per heavy atom. The van der Waals surface area contributed by atoms with Gasteiger partial charge in [0.15, 0.2) is 0 Å². The van der Waals surface area contributed by atoms with E-state index in [-0.39, 0.29) is 24.5 Å². The highest BCUT2D eigenvalue weighted by Crippen LogP contribution is 2.65. The van der Waals surface area contributed by atoms with Crippen molar-refractivity contribution in [1.82, 2.24) is 10.2 Å². The molecule has 1 aliphatic carbocycles. The Hall–Kier alpha value is -3.61. The summed E-state index contributed by atoms with van der Waals surface area (Å²) in [6.45, 7) is 11.3.